The maximum Gasteiger partial charge on any atom is 0.230 e. The highest BCUT2D eigenvalue weighted by molar-refractivity contribution is 7.16. The molecule has 0 saturated heterocycles. The molecule has 3 aromatic heterocycles. The smallest absolute Gasteiger partial charge is 0.230 e. The third kappa shape index (κ3) is 5.24. The molecule has 0 aromatic carbocycles. The summed E-state index contributed by atoms with van der Waals surface area (Å²) in [6.07, 6.45) is 9.86. The van der Waals surface area contributed by atoms with Gasteiger partial charge in [0, 0.05) is 34.2 Å². The molecule has 3 rings (SSSR count). The Labute approximate surface area is 161 Å². The van der Waals surface area contributed by atoms with Crippen LogP contribution in [0.5, 0.6) is 0 Å². The number of nitrogens with one attached hydrogen (secondary N) is 1. The van der Waals surface area contributed by atoms with Crippen LogP contribution in [-0.2, 0) is 16.6 Å². The van der Waals surface area contributed by atoms with E-state index in [1.165, 1.54) is 23.7 Å². The first-order chi connectivity index (χ1) is 12.8. The average molecular weight is 384 g/mol. The molecule has 8 heteroatoms. The second-order valence-corrected chi connectivity index (χ2v) is 8.07. The molecule has 1 amide bonds. The molecule has 0 spiro atoms. The SMILES string of the molecule is CC(C)(C)c1cnc(C=Cc2cnc(NC(=O)Cc3ccc[n+]([O-])c3)s2)o1. The summed E-state index contributed by atoms with van der Waals surface area (Å²) >= 11 is 1.34. The van der Waals surface area contributed by atoms with Crippen molar-refractivity contribution in [2.75, 3.05) is 5.32 Å². The van der Waals surface area contributed by atoms with Crippen LogP contribution in [0.25, 0.3) is 12.2 Å². The quantitative estimate of drug-likeness (QED) is 0.537. The Morgan fingerprint density at radius 2 is 2.15 bits per heavy atom. The number of thiazole rings is 1. The van der Waals surface area contributed by atoms with Crippen molar-refractivity contribution in [3.63, 3.8) is 0 Å². The van der Waals surface area contributed by atoms with E-state index in [1.54, 1.807) is 30.6 Å². The number of oxazole rings is 1. The third-order valence-corrected chi connectivity index (χ3v) is 4.50. The number of pyridine rings is 1. The van der Waals surface area contributed by atoms with Crippen molar-refractivity contribution in [2.24, 2.45) is 0 Å². The van der Waals surface area contributed by atoms with Crippen molar-refractivity contribution < 1.29 is 13.9 Å². The van der Waals surface area contributed by atoms with Crippen LogP contribution in [0.15, 0.2) is 41.3 Å². The molecule has 0 aliphatic rings. The van der Waals surface area contributed by atoms with Crippen LogP contribution in [0.3, 0.4) is 0 Å². The van der Waals surface area contributed by atoms with Gasteiger partial charge < -0.3 is 14.9 Å². The molecule has 0 aliphatic carbocycles. The molecule has 3 heterocycles. The van der Waals surface area contributed by atoms with E-state index >= 15 is 0 Å². The van der Waals surface area contributed by atoms with E-state index in [4.69, 9.17) is 4.42 Å². The fourth-order valence-electron chi connectivity index (χ4n) is 2.24. The van der Waals surface area contributed by atoms with Gasteiger partial charge in [-0.2, -0.15) is 4.73 Å². The Kier molecular flexibility index (Phi) is 5.36. The molecule has 0 radical (unpaired) electrons. The number of carbonyl (C=O) groups is 1. The standard InChI is InChI=1S/C19H20N4O3S/c1-19(2,3)15-11-20-17(26-15)7-6-14-10-21-18(27-14)22-16(24)9-13-5-4-8-23(25)12-13/h4-8,10-12H,9H2,1-3H3,(H,21,22,24). The maximum absolute atomic E-state index is 12.1. The summed E-state index contributed by atoms with van der Waals surface area (Å²) in [6, 6.07) is 3.34. The number of hydrogen-bond donors (Lipinski definition) is 1. The molecule has 0 saturated carbocycles. The largest absolute Gasteiger partial charge is 0.619 e. The second kappa shape index (κ2) is 7.71. The van der Waals surface area contributed by atoms with Gasteiger partial charge in [0.15, 0.2) is 17.5 Å². The number of hydrogen-bond acceptors (Lipinski definition) is 6. The van der Waals surface area contributed by atoms with E-state index in [0.717, 1.165) is 10.6 Å². The lowest BCUT2D eigenvalue weighted by molar-refractivity contribution is -0.605. The lowest BCUT2D eigenvalue weighted by Gasteiger charge is -2.12. The van der Waals surface area contributed by atoms with Gasteiger partial charge in [-0.05, 0) is 12.1 Å². The predicted octanol–water partition coefficient (Wildman–Crippen LogP) is 3.41. The van der Waals surface area contributed by atoms with Crippen LogP contribution >= 0.6 is 11.3 Å². The molecular formula is C19H20N4O3S. The van der Waals surface area contributed by atoms with Crippen molar-refractivity contribution in [2.45, 2.75) is 32.6 Å². The highest BCUT2D eigenvalue weighted by atomic mass is 32.1. The van der Waals surface area contributed by atoms with Crippen molar-refractivity contribution in [3.05, 3.63) is 64.2 Å². The number of amides is 1. The van der Waals surface area contributed by atoms with Gasteiger partial charge in [-0.1, -0.05) is 32.1 Å². The number of nitrogens with zero attached hydrogens (tertiary/aromatic N) is 3. The van der Waals surface area contributed by atoms with Gasteiger partial charge in [-0.15, -0.1) is 0 Å². The summed E-state index contributed by atoms with van der Waals surface area (Å²) in [5, 5.41) is 14.5. The molecule has 0 fully saturated rings. The van der Waals surface area contributed by atoms with Crippen molar-refractivity contribution in [1.29, 1.82) is 0 Å². The summed E-state index contributed by atoms with van der Waals surface area (Å²) in [5.74, 6) is 1.11. The zero-order valence-electron chi connectivity index (χ0n) is 15.3. The molecule has 0 atom stereocenters. The first-order valence-electron chi connectivity index (χ1n) is 8.37. The fraction of sp³-hybridized carbons (Fsp3) is 0.263. The molecule has 27 heavy (non-hydrogen) atoms. The van der Waals surface area contributed by atoms with Crippen LogP contribution in [0.4, 0.5) is 5.13 Å². The van der Waals surface area contributed by atoms with Gasteiger partial charge in [-0.25, -0.2) is 9.97 Å². The first kappa shape index (κ1) is 18.8. The molecule has 140 valence electrons. The van der Waals surface area contributed by atoms with Crippen LogP contribution in [0.1, 0.15) is 42.9 Å². The Hall–Kier alpha value is -3.00. The van der Waals surface area contributed by atoms with Crippen molar-refractivity contribution in [1.82, 2.24) is 9.97 Å². The van der Waals surface area contributed by atoms with E-state index < -0.39 is 0 Å². The number of anilines is 1. The minimum absolute atomic E-state index is 0.0921. The Balaban J connectivity index is 1.59. The monoisotopic (exact) mass is 384 g/mol. The lowest BCUT2D eigenvalue weighted by Crippen LogP contribution is -2.26. The van der Waals surface area contributed by atoms with Gasteiger partial charge in [0.1, 0.15) is 5.76 Å². The van der Waals surface area contributed by atoms with Crippen LogP contribution in [0.2, 0.25) is 0 Å². The molecule has 0 bridgehead atoms. The van der Waals surface area contributed by atoms with Crippen LogP contribution in [0, 0.1) is 5.21 Å². The fourth-order valence-corrected chi connectivity index (χ4v) is 2.98. The van der Waals surface area contributed by atoms with Gasteiger partial charge in [-0.3, -0.25) is 4.79 Å². The molecule has 0 unspecified atom stereocenters. The minimum Gasteiger partial charge on any atom is -0.619 e. The maximum atomic E-state index is 12.1. The van der Waals surface area contributed by atoms with Crippen LogP contribution < -0.4 is 10.0 Å². The lowest BCUT2D eigenvalue weighted by atomic mass is 9.94. The number of rotatable bonds is 5. The summed E-state index contributed by atoms with van der Waals surface area (Å²) in [7, 11) is 0. The molecule has 1 N–H and O–H groups in total. The highest BCUT2D eigenvalue weighted by Gasteiger charge is 2.18. The average Bonchev–Trinajstić information content (AvgIpc) is 3.21. The molecular weight excluding hydrogens is 364 g/mol. The van der Waals surface area contributed by atoms with Gasteiger partial charge in [0.25, 0.3) is 0 Å². The van der Waals surface area contributed by atoms with E-state index in [1.807, 2.05) is 6.08 Å². The first-order valence-corrected chi connectivity index (χ1v) is 9.19. The third-order valence-electron chi connectivity index (χ3n) is 3.62. The van der Waals surface area contributed by atoms with Gasteiger partial charge in [0.05, 0.1) is 12.6 Å². The zero-order valence-corrected chi connectivity index (χ0v) is 16.1. The van der Waals surface area contributed by atoms with Crippen molar-refractivity contribution >= 4 is 34.5 Å². The Bertz CT molecular complexity index is 969. The minimum atomic E-state index is -0.228. The number of aromatic nitrogens is 3. The second-order valence-electron chi connectivity index (χ2n) is 7.01. The van der Waals surface area contributed by atoms with Crippen LogP contribution in [-0.4, -0.2) is 15.9 Å². The molecule has 7 nitrogen and oxygen atoms in total. The van der Waals surface area contributed by atoms with Crippen molar-refractivity contribution in [3.8, 4) is 0 Å². The Morgan fingerprint density at radius 1 is 1.33 bits per heavy atom. The summed E-state index contributed by atoms with van der Waals surface area (Å²) in [5.41, 5.74) is 0.547. The predicted molar refractivity (Wildman–Crippen MR) is 104 cm³/mol. The normalized spacial score (nSPS) is 11.8. The summed E-state index contributed by atoms with van der Waals surface area (Å²) < 4.78 is 6.38. The van der Waals surface area contributed by atoms with E-state index in [0.29, 0.717) is 21.3 Å². The molecule has 0 aliphatic heterocycles. The number of carbonyl (C=O) groups excluding carboxylic acids is 1. The highest BCUT2D eigenvalue weighted by Crippen LogP contribution is 2.24. The summed E-state index contributed by atoms with van der Waals surface area (Å²) in [4.78, 5) is 21.4. The van der Waals surface area contributed by atoms with E-state index in [2.05, 4.69) is 36.1 Å². The van der Waals surface area contributed by atoms with E-state index in [9.17, 15) is 10.0 Å². The summed E-state index contributed by atoms with van der Waals surface area (Å²) in [6.45, 7) is 6.18. The van der Waals surface area contributed by atoms with Gasteiger partial charge in [0.2, 0.25) is 11.8 Å². The van der Waals surface area contributed by atoms with E-state index in [-0.39, 0.29) is 17.7 Å². The topological polar surface area (TPSA) is 95.0 Å². The van der Waals surface area contributed by atoms with Gasteiger partial charge >= 0.3 is 0 Å². The zero-order chi connectivity index (χ0) is 19.4. The molecule has 3 aromatic rings. The Morgan fingerprint density at radius 3 is 2.85 bits per heavy atom.